The fourth-order valence-electron chi connectivity index (χ4n) is 2.56. The Hall–Kier alpha value is -7.56. The minimum atomic E-state index is 0. The molecule has 0 aliphatic rings. The number of pyridine rings is 1. The predicted molar refractivity (Wildman–Crippen MR) is 196 cm³/mol. The summed E-state index contributed by atoms with van der Waals surface area (Å²) in [7, 11) is 0. The van der Waals surface area contributed by atoms with Crippen molar-refractivity contribution in [2.75, 3.05) is 0 Å². The molecule has 0 atom stereocenters. The Kier molecular flexibility index (Phi) is 31.5. The maximum atomic E-state index is 4.86. The molecule has 0 saturated carbocycles. The van der Waals surface area contributed by atoms with Crippen LogP contribution in [0.1, 0.15) is 6.92 Å². The summed E-state index contributed by atoms with van der Waals surface area (Å²) in [6.45, 7) is 1.71. The van der Waals surface area contributed by atoms with Gasteiger partial charge in [0.05, 0.1) is 6.33 Å². The molecule has 0 unspecified atom stereocenters. The summed E-state index contributed by atoms with van der Waals surface area (Å²) < 4.78 is 0. The zero-order valence-electron chi connectivity index (χ0n) is 26.7. The fourth-order valence-corrected chi connectivity index (χ4v) is 2.56. The van der Waals surface area contributed by atoms with Gasteiger partial charge in [0.2, 0.25) is 0 Å². The second kappa shape index (κ2) is 35.3. The molecule has 2 radical (unpaired) electrons. The zero-order valence-corrected chi connectivity index (χ0v) is 31.5. The number of nitrogens with zero attached hydrogens (tertiary/aromatic N) is 2. The van der Waals surface area contributed by atoms with Gasteiger partial charge in [-0.05, 0) is 155 Å². The van der Waals surface area contributed by atoms with Gasteiger partial charge in [0.1, 0.15) is 0 Å². The second-order valence-corrected chi connectivity index (χ2v) is 7.52. The van der Waals surface area contributed by atoms with Crippen LogP contribution >= 0.6 is 0 Å². The van der Waals surface area contributed by atoms with Crippen molar-refractivity contribution in [2.24, 2.45) is 0 Å². The maximum Gasteiger partial charge on any atom is 0.0811 e. The smallest absolute Gasteiger partial charge is 0.0811 e. The molecule has 4 rings (SSSR count). The molecule has 6 heteroatoms. The number of terminal acetylenes is 3. The van der Waals surface area contributed by atoms with E-state index in [9.17, 15) is 0 Å². The molecule has 0 bridgehead atoms. The van der Waals surface area contributed by atoms with E-state index >= 15 is 0 Å². The van der Waals surface area contributed by atoms with Gasteiger partial charge in [-0.3, -0.25) is 4.98 Å². The number of benzene rings is 1. The molecule has 0 spiro atoms. The Morgan fingerprint density at radius 2 is 1.06 bits per heavy atom. The molecule has 3 heterocycles. The first-order valence-corrected chi connectivity index (χ1v) is 13.5. The average molecular weight is 1000 g/mol. The first-order chi connectivity index (χ1) is 24.3. The second-order valence-electron chi connectivity index (χ2n) is 7.52. The Morgan fingerprint density at radius 1 is 0.549 bits per heavy atom. The van der Waals surface area contributed by atoms with Crippen molar-refractivity contribution in [1.82, 2.24) is 19.9 Å². The SMILES string of the molecule is C#CC#CC#CC#CC#CC#CC.C#CC#CC#CC#CC#CC#CC#C.[Ir].[Ir].[c-]1[nH]ccc1-c1ccccn1.[c-]1ccccc1-c1c[nH]cn1. The molecule has 2 N–H and O–H groups in total. The van der Waals surface area contributed by atoms with Gasteiger partial charge in [-0.1, -0.05) is 24.3 Å². The number of hydrogen-bond acceptors (Lipinski definition) is 2. The minimum Gasteiger partial charge on any atom is -0.453 e. The van der Waals surface area contributed by atoms with Gasteiger partial charge in [0.15, 0.2) is 0 Å². The average Bonchev–Trinajstić information content (AvgIpc) is 3.90. The largest absolute Gasteiger partial charge is 0.453 e. The van der Waals surface area contributed by atoms with Crippen molar-refractivity contribution < 1.29 is 40.2 Å². The van der Waals surface area contributed by atoms with Gasteiger partial charge in [0.25, 0.3) is 0 Å². The number of rotatable bonds is 2. The quantitative estimate of drug-likeness (QED) is 0.227. The van der Waals surface area contributed by atoms with Crippen molar-refractivity contribution in [2.45, 2.75) is 6.92 Å². The van der Waals surface area contributed by atoms with E-state index in [0.29, 0.717) is 0 Å². The number of hydrogen-bond donors (Lipinski definition) is 2. The van der Waals surface area contributed by atoms with Crippen LogP contribution in [0.5, 0.6) is 0 Å². The summed E-state index contributed by atoms with van der Waals surface area (Å²) in [5.41, 5.74) is 3.92. The van der Waals surface area contributed by atoms with E-state index in [1.165, 1.54) is 0 Å². The van der Waals surface area contributed by atoms with E-state index in [4.69, 9.17) is 19.3 Å². The number of nitrogens with one attached hydrogen (secondary N) is 2. The minimum absolute atomic E-state index is 0. The summed E-state index contributed by atoms with van der Waals surface area (Å²) in [6, 6.07) is 18.6. The van der Waals surface area contributed by atoms with Crippen molar-refractivity contribution in [1.29, 1.82) is 0 Å². The summed E-state index contributed by atoms with van der Waals surface area (Å²) in [5.74, 6) is 55.2. The van der Waals surface area contributed by atoms with Crippen LogP contribution in [0.15, 0.2) is 73.4 Å². The third-order valence-corrected chi connectivity index (χ3v) is 4.37. The Balaban J connectivity index is 0. The van der Waals surface area contributed by atoms with Crippen molar-refractivity contribution in [3.8, 4) is 178 Å². The van der Waals surface area contributed by atoms with Gasteiger partial charge in [-0.15, -0.1) is 66.9 Å². The van der Waals surface area contributed by atoms with Gasteiger partial charge in [-0.2, -0.15) is 6.07 Å². The van der Waals surface area contributed by atoms with E-state index in [1.54, 1.807) is 19.4 Å². The van der Waals surface area contributed by atoms with E-state index in [-0.39, 0.29) is 40.2 Å². The van der Waals surface area contributed by atoms with Crippen LogP contribution in [-0.4, -0.2) is 19.9 Å². The first-order valence-electron chi connectivity index (χ1n) is 13.5. The molecule has 0 fully saturated rings. The standard InChI is InChI=1S/C14H2.C13H4.2C9H7N2.2Ir/c1-3-5-7-9-11-13-14-12-10-8-6-4-2;1-3-5-7-9-11-13-12-10-8-6-4-2;1-2-5-11-9(3-1)8-4-6-10-7-8;1-2-4-8(5-3-1)9-6-10-7-11-9;;/h1-2H;1H,2H3;1-6,10H;1-4,6-7H,(H,10,11);;/q;;2*-1;;. The van der Waals surface area contributed by atoms with Crippen molar-refractivity contribution in [3.05, 3.63) is 85.7 Å². The van der Waals surface area contributed by atoms with Gasteiger partial charge in [0, 0.05) is 52.1 Å². The van der Waals surface area contributed by atoms with E-state index in [1.807, 2.05) is 60.9 Å². The molecule has 4 nitrogen and oxygen atoms in total. The zero-order chi connectivity index (χ0) is 35.3. The van der Waals surface area contributed by atoms with Crippen LogP contribution in [0.3, 0.4) is 0 Å². The molecular weight excluding hydrogens is 981 g/mol. The van der Waals surface area contributed by atoms with Crippen LogP contribution in [0, 0.1) is 168 Å². The Labute approximate surface area is 328 Å². The number of H-pyrrole nitrogens is 2. The third-order valence-electron chi connectivity index (χ3n) is 4.37. The Bertz CT molecular complexity index is 2290. The van der Waals surface area contributed by atoms with Gasteiger partial charge >= 0.3 is 0 Å². The van der Waals surface area contributed by atoms with Crippen LogP contribution in [-0.2, 0) is 40.2 Å². The predicted octanol–water partition coefficient (Wildman–Crippen LogP) is 4.68. The van der Waals surface area contributed by atoms with Gasteiger partial charge < -0.3 is 15.0 Å². The van der Waals surface area contributed by atoms with Crippen LogP contribution in [0.2, 0.25) is 0 Å². The van der Waals surface area contributed by atoms with E-state index in [0.717, 1.165) is 22.5 Å². The molecule has 0 saturated heterocycles. The molecule has 240 valence electrons. The number of imidazole rings is 1. The monoisotopic (exact) mass is 1000 g/mol. The molecule has 51 heavy (non-hydrogen) atoms. The summed E-state index contributed by atoms with van der Waals surface area (Å²) in [5, 5.41) is 0. The van der Waals surface area contributed by atoms with Crippen molar-refractivity contribution >= 4 is 0 Å². The Morgan fingerprint density at radius 3 is 1.43 bits per heavy atom. The number of aromatic nitrogens is 4. The van der Waals surface area contributed by atoms with Crippen LogP contribution in [0.25, 0.3) is 22.5 Å². The number of aromatic amines is 2. The maximum absolute atomic E-state index is 4.86. The molecule has 3 aromatic heterocycles. The van der Waals surface area contributed by atoms with E-state index in [2.05, 4.69) is 168 Å². The summed E-state index contributed by atoms with van der Waals surface area (Å²) in [4.78, 5) is 14.0. The molecule has 0 amide bonds. The summed E-state index contributed by atoms with van der Waals surface area (Å²) in [6.07, 6.45) is 24.7. The molecular formula is C45H20Ir2N4-2. The van der Waals surface area contributed by atoms with Crippen molar-refractivity contribution in [3.63, 3.8) is 0 Å². The normalized spacial score (nSPS) is 6.16. The molecule has 0 aliphatic carbocycles. The van der Waals surface area contributed by atoms with Crippen LogP contribution < -0.4 is 0 Å². The topological polar surface area (TPSA) is 57.4 Å². The summed E-state index contributed by atoms with van der Waals surface area (Å²) >= 11 is 0. The third kappa shape index (κ3) is 26.2. The first kappa shape index (κ1) is 45.6. The molecule has 0 aliphatic heterocycles. The van der Waals surface area contributed by atoms with E-state index < -0.39 is 0 Å². The van der Waals surface area contributed by atoms with Crippen LogP contribution in [0.4, 0.5) is 0 Å². The fraction of sp³-hybridized carbons (Fsp3) is 0.0222. The molecule has 1 aromatic carbocycles. The van der Waals surface area contributed by atoms with Gasteiger partial charge in [-0.25, -0.2) is 0 Å². The molecule has 4 aromatic rings.